The van der Waals surface area contributed by atoms with Crippen LogP contribution in [0.25, 0.3) is 0 Å². The number of thiazole rings is 1. The van der Waals surface area contributed by atoms with Crippen LogP contribution >= 0.6 is 11.3 Å². The molecule has 4 rings (SSSR count). The van der Waals surface area contributed by atoms with Crippen LogP contribution in [0.3, 0.4) is 0 Å². The Labute approximate surface area is 142 Å². The standard InChI is InChI=1S/C17H16FN3O2S/c18-9-5-6-10-11(8-15(22)19-13(10)7-9)16(23)21-17-20-12-3-1-2-4-14(12)24-17/h5-7,11H,1-4,8H2,(H,19,22)(H,20,21,23). The van der Waals surface area contributed by atoms with Crippen molar-refractivity contribution in [1.82, 2.24) is 4.98 Å². The van der Waals surface area contributed by atoms with E-state index in [1.165, 1.54) is 28.3 Å². The maximum atomic E-state index is 13.4. The predicted octanol–water partition coefficient (Wildman–Crippen LogP) is 3.23. The first-order chi connectivity index (χ1) is 11.6. The molecule has 1 aliphatic heterocycles. The minimum Gasteiger partial charge on any atom is -0.326 e. The molecule has 1 atom stereocenters. The highest BCUT2D eigenvalue weighted by atomic mass is 32.1. The van der Waals surface area contributed by atoms with Crippen molar-refractivity contribution >= 4 is 34.0 Å². The van der Waals surface area contributed by atoms with Crippen LogP contribution in [-0.2, 0) is 22.4 Å². The average Bonchev–Trinajstić information content (AvgIpc) is 2.95. The van der Waals surface area contributed by atoms with Gasteiger partial charge in [0, 0.05) is 17.0 Å². The zero-order valence-corrected chi connectivity index (χ0v) is 13.7. The van der Waals surface area contributed by atoms with Crippen molar-refractivity contribution in [1.29, 1.82) is 0 Å². The summed E-state index contributed by atoms with van der Waals surface area (Å²) in [6.45, 7) is 0. The van der Waals surface area contributed by atoms with Gasteiger partial charge in [-0.3, -0.25) is 9.59 Å². The number of anilines is 2. The van der Waals surface area contributed by atoms with Crippen LogP contribution in [0.4, 0.5) is 15.2 Å². The lowest BCUT2D eigenvalue weighted by Crippen LogP contribution is -2.30. The molecule has 0 bridgehead atoms. The molecule has 1 aliphatic carbocycles. The summed E-state index contributed by atoms with van der Waals surface area (Å²) >= 11 is 1.51. The Morgan fingerprint density at radius 1 is 1.33 bits per heavy atom. The summed E-state index contributed by atoms with van der Waals surface area (Å²) in [5, 5.41) is 6.04. The molecular weight excluding hydrogens is 329 g/mol. The van der Waals surface area contributed by atoms with E-state index in [0.29, 0.717) is 16.4 Å². The van der Waals surface area contributed by atoms with E-state index in [1.54, 1.807) is 6.07 Å². The highest BCUT2D eigenvalue weighted by molar-refractivity contribution is 7.15. The molecule has 0 spiro atoms. The van der Waals surface area contributed by atoms with Crippen LogP contribution in [0.15, 0.2) is 18.2 Å². The Morgan fingerprint density at radius 3 is 3.00 bits per heavy atom. The van der Waals surface area contributed by atoms with Gasteiger partial charge in [-0.1, -0.05) is 6.07 Å². The van der Waals surface area contributed by atoms with Crippen LogP contribution in [0.2, 0.25) is 0 Å². The minimum absolute atomic E-state index is 0.0511. The van der Waals surface area contributed by atoms with Crippen molar-refractivity contribution in [2.45, 2.75) is 38.0 Å². The zero-order chi connectivity index (χ0) is 16.7. The summed E-state index contributed by atoms with van der Waals surface area (Å²) in [7, 11) is 0. The Bertz CT molecular complexity index is 810. The first kappa shape index (κ1) is 15.3. The molecule has 2 amide bonds. The number of hydrogen-bond acceptors (Lipinski definition) is 4. The molecule has 2 N–H and O–H groups in total. The maximum Gasteiger partial charge on any atom is 0.234 e. The van der Waals surface area contributed by atoms with Crippen molar-refractivity contribution in [3.63, 3.8) is 0 Å². The highest BCUT2D eigenvalue weighted by Gasteiger charge is 2.31. The number of rotatable bonds is 2. The summed E-state index contributed by atoms with van der Waals surface area (Å²) in [5.74, 6) is -1.63. The maximum absolute atomic E-state index is 13.4. The van der Waals surface area contributed by atoms with Gasteiger partial charge < -0.3 is 10.6 Å². The fourth-order valence-electron chi connectivity index (χ4n) is 3.27. The Morgan fingerprint density at radius 2 is 2.17 bits per heavy atom. The zero-order valence-electron chi connectivity index (χ0n) is 12.9. The van der Waals surface area contributed by atoms with Gasteiger partial charge in [-0.15, -0.1) is 11.3 Å². The summed E-state index contributed by atoms with van der Waals surface area (Å²) in [4.78, 5) is 30.2. The number of halogens is 1. The summed E-state index contributed by atoms with van der Waals surface area (Å²) in [6, 6.07) is 4.11. The molecule has 2 aliphatic rings. The molecule has 5 nitrogen and oxygen atoms in total. The number of hydrogen-bond donors (Lipinski definition) is 2. The van der Waals surface area contributed by atoms with Gasteiger partial charge in [0.1, 0.15) is 5.82 Å². The summed E-state index contributed by atoms with van der Waals surface area (Å²) < 4.78 is 13.4. The number of amides is 2. The van der Waals surface area contributed by atoms with Crippen LogP contribution in [-0.4, -0.2) is 16.8 Å². The van der Waals surface area contributed by atoms with Crippen LogP contribution in [0.5, 0.6) is 0 Å². The normalized spacial score (nSPS) is 19.2. The smallest absolute Gasteiger partial charge is 0.234 e. The van der Waals surface area contributed by atoms with Crippen molar-refractivity contribution in [2.75, 3.05) is 10.6 Å². The number of nitrogens with one attached hydrogen (secondary N) is 2. The number of aromatic nitrogens is 1. The van der Waals surface area contributed by atoms with Gasteiger partial charge in [0.2, 0.25) is 11.8 Å². The number of carbonyl (C=O) groups is 2. The molecule has 0 radical (unpaired) electrons. The number of nitrogens with zero attached hydrogens (tertiary/aromatic N) is 1. The second kappa shape index (κ2) is 5.98. The second-order valence-electron chi connectivity index (χ2n) is 6.12. The Hall–Kier alpha value is -2.28. The molecule has 2 heterocycles. The quantitative estimate of drug-likeness (QED) is 0.878. The van der Waals surface area contributed by atoms with E-state index < -0.39 is 11.7 Å². The SMILES string of the molecule is O=C1CC(C(=O)Nc2nc3c(s2)CCCC3)c2ccc(F)cc2N1. The molecule has 24 heavy (non-hydrogen) atoms. The van der Waals surface area contributed by atoms with Gasteiger partial charge in [0.15, 0.2) is 5.13 Å². The molecule has 1 aromatic carbocycles. The molecular formula is C17H16FN3O2S. The van der Waals surface area contributed by atoms with Gasteiger partial charge in [-0.05, 0) is 43.4 Å². The summed E-state index contributed by atoms with van der Waals surface area (Å²) in [6.07, 6.45) is 4.30. The number of fused-ring (bicyclic) bond motifs is 2. The molecule has 0 fully saturated rings. The predicted molar refractivity (Wildman–Crippen MR) is 89.8 cm³/mol. The van der Waals surface area contributed by atoms with E-state index in [2.05, 4.69) is 15.6 Å². The third kappa shape index (κ3) is 2.80. The Balaban J connectivity index is 1.58. The minimum atomic E-state index is -0.629. The monoisotopic (exact) mass is 345 g/mol. The second-order valence-corrected chi connectivity index (χ2v) is 7.21. The number of benzene rings is 1. The molecule has 2 aromatic rings. The van der Waals surface area contributed by atoms with Crippen LogP contribution < -0.4 is 10.6 Å². The van der Waals surface area contributed by atoms with E-state index in [0.717, 1.165) is 31.4 Å². The topological polar surface area (TPSA) is 71.1 Å². The van der Waals surface area contributed by atoms with Crippen LogP contribution in [0.1, 0.15) is 41.3 Å². The number of carbonyl (C=O) groups excluding carboxylic acids is 2. The molecule has 124 valence electrons. The van der Waals surface area contributed by atoms with Crippen molar-refractivity contribution in [3.05, 3.63) is 40.2 Å². The third-order valence-electron chi connectivity index (χ3n) is 4.45. The van der Waals surface area contributed by atoms with Crippen molar-refractivity contribution in [3.8, 4) is 0 Å². The van der Waals surface area contributed by atoms with Crippen molar-refractivity contribution in [2.24, 2.45) is 0 Å². The van der Waals surface area contributed by atoms with E-state index in [9.17, 15) is 14.0 Å². The van der Waals surface area contributed by atoms with Gasteiger partial charge in [0.05, 0.1) is 11.6 Å². The van der Waals surface area contributed by atoms with E-state index >= 15 is 0 Å². The molecule has 7 heteroatoms. The van der Waals surface area contributed by atoms with Gasteiger partial charge in [-0.2, -0.15) is 0 Å². The third-order valence-corrected chi connectivity index (χ3v) is 5.52. The molecule has 1 unspecified atom stereocenters. The van der Waals surface area contributed by atoms with E-state index in [4.69, 9.17) is 0 Å². The van der Waals surface area contributed by atoms with Crippen LogP contribution in [0, 0.1) is 5.82 Å². The molecule has 0 saturated heterocycles. The Kier molecular flexibility index (Phi) is 3.80. The fourth-order valence-corrected chi connectivity index (χ4v) is 4.32. The first-order valence-electron chi connectivity index (χ1n) is 7.99. The fraction of sp³-hybridized carbons (Fsp3) is 0.353. The number of aryl methyl sites for hydroxylation is 2. The largest absolute Gasteiger partial charge is 0.326 e. The molecule has 1 aromatic heterocycles. The van der Waals surface area contributed by atoms with E-state index in [-0.39, 0.29) is 18.2 Å². The lowest BCUT2D eigenvalue weighted by atomic mass is 9.90. The van der Waals surface area contributed by atoms with Gasteiger partial charge >= 0.3 is 0 Å². The lowest BCUT2D eigenvalue weighted by molar-refractivity contribution is -0.123. The van der Waals surface area contributed by atoms with Gasteiger partial charge in [-0.25, -0.2) is 9.37 Å². The van der Waals surface area contributed by atoms with Crippen molar-refractivity contribution < 1.29 is 14.0 Å². The first-order valence-corrected chi connectivity index (χ1v) is 8.80. The highest BCUT2D eigenvalue weighted by Crippen LogP contribution is 2.35. The van der Waals surface area contributed by atoms with Gasteiger partial charge in [0.25, 0.3) is 0 Å². The molecule has 0 saturated carbocycles. The average molecular weight is 345 g/mol. The summed E-state index contributed by atoms with van der Waals surface area (Å²) in [5.41, 5.74) is 2.07. The van der Waals surface area contributed by atoms with E-state index in [1.807, 2.05) is 0 Å². The lowest BCUT2D eigenvalue weighted by Gasteiger charge is -2.24.